The van der Waals surface area contributed by atoms with E-state index in [0.717, 1.165) is 25.6 Å². The largest absolute Gasteiger partial charge is 0.315 e. The molecule has 1 aliphatic heterocycles. The summed E-state index contributed by atoms with van der Waals surface area (Å²) in [5.74, 6) is -1.03. The van der Waals surface area contributed by atoms with Crippen molar-refractivity contribution in [1.29, 1.82) is 0 Å². The molecule has 5 heteroatoms. The van der Waals surface area contributed by atoms with Gasteiger partial charge in [-0.25, -0.2) is 14.2 Å². The van der Waals surface area contributed by atoms with Crippen LogP contribution in [-0.4, -0.2) is 19.1 Å². The molecule has 0 aliphatic carbocycles. The molecule has 1 aromatic carbocycles. The van der Waals surface area contributed by atoms with Crippen LogP contribution in [-0.2, 0) is 0 Å². The number of rotatable bonds is 4. The van der Waals surface area contributed by atoms with Crippen molar-refractivity contribution in [2.24, 2.45) is 0 Å². The highest BCUT2D eigenvalue weighted by molar-refractivity contribution is 5.23. The van der Waals surface area contributed by atoms with Crippen LogP contribution in [0.4, 0.5) is 8.78 Å². The zero-order valence-corrected chi connectivity index (χ0v) is 9.76. The zero-order chi connectivity index (χ0) is 12.3. The van der Waals surface area contributed by atoms with Crippen molar-refractivity contribution < 1.29 is 8.78 Å². The standard InChI is InChI=1S/C12H17F2N3/c1-2-15-7-9-6-12(17-16-9)10-4-3-8(13)5-11(10)14/h3-5,9,12,15-17H,2,6-7H2,1H3. The molecule has 1 aromatic rings. The van der Waals surface area contributed by atoms with Crippen LogP contribution in [0.15, 0.2) is 18.2 Å². The van der Waals surface area contributed by atoms with E-state index < -0.39 is 11.6 Å². The Kier molecular flexibility index (Phi) is 4.04. The predicted molar refractivity (Wildman–Crippen MR) is 62.3 cm³/mol. The molecule has 2 unspecified atom stereocenters. The lowest BCUT2D eigenvalue weighted by Gasteiger charge is -2.11. The number of benzene rings is 1. The molecule has 3 N–H and O–H groups in total. The first-order chi connectivity index (χ1) is 8.20. The molecule has 0 radical (unpaired) electrons. The average molecular weight is 241 g/mol. The van der Waals surface area contributed by atoms with Crippen molar-refractivity contribution in [3.05, 3.63) is 35.4 Å². The van der Waals surface area contributed by atoms with Gasteiger partial charge in [0.2, 0.25) is 0 Å². The lowest BCUT2D eigenvalue weighted by molar-refractivity contribution is 0.506. The maximum absolute atomic E-state index is 13.6. The third-order valence-corrected chi connectivity index (χ3v) is 2.96. The second-order valence-electron chi connectivity index (χ2n) is 4.25. The number of nitrogens with one attached hydrogen (secondary N) is 3. The van der Waals surface area contributed by atoms with E-state index >= 15 is 0 Å². The van der Waals surface area contributed by atoms with Gasteiger partial charge in [-0.15, -0.1) is 0 Å². The summed E-state index contributed by atoms with van der Waals surface area (Å²) in [4.78, 5) is 0. The molecule has 0 aromatic heterocycles. The van der Waals surface area contributed by atoms with E-state index in [1.165, 1.54) is 12.1 Å². The molecule has 1 saturated heterocycles. The van der Waals surface area contributed by atoms with Gasteiger partial charge in [0.05, 0.1) is 6.04 Å². The van der Waals surface area contributed by atoms with Crippen molar-refractivity contribution in [1.82, 2.24) is 16.2 Å². The summed E-state index contributed by atoms with van der Waals surface area (Å²) in [6.07, 6.45) is 0.787. The molecule has 94 valence electrons. The number of likely N-dealkylation sites (N-methyl/N-ethyl adjacent to an activating group) is 1. The van der Waals surface area contributed by atoms with Crippen LogP contribution in [0.3, 0.4) is 0 Å². The molecular weight excluding hydrogens is 224 g/mol. The van der Waals surface area contributed by atoms with Gasteiger partial charge in [-0.2, -0.15) is 0 Å². The molecule has 3 nitrogen and oxygen atoms in total. The van der Waals surface area contributed by atoms with Gasteiger partial charge in [-0.3, -0.25) is 5.43 Å². The molecular formula is C12H17F2N3. The van der Waals surface area contributed by atoms with Gasteiger partial charge in [0.25, 0.3) is 0 Å². The number of hydrazine groups is 1. The van der Waals surface area contributed by atoms with Crippen molar-refractivity contribution in [3.8, 4) is 0 Å². The Labute approximate surface area is 99.6 Å². The third kappa shape index (κ3) is 3.00. The van der Waals surface area contributed by atoms with E-state index in [0.29, 0.717) is 5.56 Å². The molecule has 0 spiro atoms. The highest BCUT2D eigenvalue weighted by Crippen LogP contribution is 2.24. The Morgan fingerprint density at radius 2 is 2.18 bits per heavy atom. The van der Waals surface area contributed by atoms with Gasteiger partial charge in [0, 0.05) is 24.2 Å². The SMILES string of the molecule is CCNCC1CC(c2ccc(F)cc2F)NN1. The fourth-order valence-corrected chi connectivity index (χ4v) is 2.06. The molecule has 17 heavy (non-hydrogen) atoms. The van der Waals surface area contributed by atoms with E-state index in [9.17, 15) is 8.78 Å². The summed E-state index contributed by atoms with van der Waals surface area (Å²) in [7, 11) is 0. The first-order valence-corrected chi connectivity index (χ1v) is 5.87. The average Bonchev–Trinajstić information content (AvgIpc) is 2.75. The van der Waals surface area contributed by atoms with Crippen LogP contribution in [0.5, 0.6) is 0 Å². The minimum absolute atomic E-state index is 0.0979. The van der Waals surface area contributed by atoms with E-state index in [2.05, 4.69) is 16.2 Å². The van der Waals surface area contributed by atoms with Gasteiger partial charge in [0.15, 0.2) is 0 Å². The van der Waals surface area contributed by atoms with Crippen LogP contribution in [0.25, 0.3) is 0 Å². The van der Waals surface area contributed by atoms with Gasteiger partial charge in [-0.05, 0) is 19.0 Å². The predicted octanol–water partition coefficient (Wildman–Crippen LogP) is 1.48. The molecule has 2 rings (SSSR count). The highest BCUT2D eigenvalue weighted by Gasteiger charge is 2.26. The Balaban J connectivity index is 2.00. The summed E-state index contributed by atoms with van der Waals surface area (Å²) in [6.45, 7) is 3.79. The monoisotopic (exact) mass is 241 g/mol. The maximum Gasteiger partial charge on any atom is 0.130 e. The van der Waals surface area contributed by atoms with Crippen LogP contribution in [0, 0.1) is 11.6 Å². The summed E-state index contributed by atoms with van der Waals surface area (Å²) in [5.41, 5.74) is 6.66. The Hall–Kier alpha value is -1.04. The summed E-state index contributed by atoms with van der Waals surface area (Å²) in [5, 5.41) is 3.23. The lowest BCUT2D eigenvalue weighted by atomic mass is 10.0. The Bertz CT molecular complexity index is 384. The molecule has 1 aliphatic rings. The molecule has 0 amide bonds. The van der Waals surface area contributed by atoms with Gasteiger partial charge >= 0.3 is 0 Å². The van der Waals surface area contributed by atoms with E-state index in [1.54, 1.807) is 0 Å². The van der Waals surface area contributed by atoms with Crippen LogP contribution in [0.2, 0.25) is 0 Å². The summed E-state index contributed by atoms with van der Waals surface area (Å²) < 4.78 is 26.3. The third-order valence-electron chi connectivity index (χ3n) is 2.96. The fourth-order valence-electron chi connectivity index (χ4n) is 2.06. The van der Waals surface area contributed by atoms with Crippen LogP contribution >= 0.6 is 0 Å². The maximum atomic E-state index is 13.6. The van der Waals surface area contributed by atoms with Gasteiger partial charge in [0.1, 0.15) is 11.6 Å². The first kappa shape index (κ1) is 12.4. The topological polar surface area (TPSA) is 36.1 Å². The molecule has 1 fully saturated rings. The normalized spacial score (nSPS) is 24.2. The van der Waals surface area contributed by atoms with E-state index in [-0.39, 0.29) is 12.1 Å². The van der Waals surface area contributed by atoms with Crippen LogP contribution in [0.1, 0.15) is 24.9 Å². The fraction of sp³-hybridized carbons (Fsp3) is 0.500. The van der Waals surface area contributed by atoms with Crippen molar-refractivity contribution in [2.75, 3.05) is 13.1 Å². The Morgan fingerprint density at radius 1 is 1.35 bits per heavy atom. The quantitative estimate of drug-likeness (QED) is 0.747. The van der Waals surface area contributed by atoms with Gasteiger partial charge in [-0.1, -0.05) is 13.0 Å². The number of halogens is 2. The molecule has 2 atom stereocenters. The van der Waals surface area contributed by atoms with Crippen molar-refractivity contribution >= 4 is 0 Å². The van der Waals surface area contributed by atoms with Crippen molar-refractivity contribution in [3.63, 3.8) is 0 Å². The molecule has 0 bridgehead atoms. The molecule has 0 saturated carbocycles. The smallest absolute Gasteiger partial charge is 0.130 e. The number of hydrogen-bond donors (Lipinski definition) is 3. The molecule has 1 heterocycles. The lowest BCUT2D eigenvalue weighted by Crippen LogP contribution is -2.37. The van der Waals surface area contributed by atoms with Gasteiger partial charge < -0.3 is 5.32 Å². The second-order valence-corrected chi connectivity index (χ2v) is 4.25. The number of hydrogen-bond acceptors (Lipinski definition) is 3. The summed E-state index contributed by atoms with van der Waals surface area (Å²) in [6, 6.07) is 3.88. The first-order valence-electron chi connectivity index (χ1n) is 5.87. The minimum Gasteiger partial charge on any atom is -0.315 e. The highest BCUT2D eigenvalue weighted by atomic mass is 19.1. The second kappa shape index (κ2) is 5.53. The van der Waals surface area contributed by atoms with E-state index in [1.807, 2.05) is 6.92 Å². The van der Waals surface area contributed by atoms with Crippen molar-refractivity contribution in [2.45, 2.75) is 25.4 Å². The zero-order valence-electron chi connectivity index (χ0n) is 9.76. The minimum atomic E-state index is -0.540. The Morgan fingerprint density at radius 3 is 2.88 bits per heavy atom. The summed E-state index contributed by atoms with van der Waals surface area (Å²) >= 11 is 0. The van der Waals surface area contributed by atoms with Crippen LogP contribution < -0.4 is 16.2 Å². The van der Waals surface area contributed by atoms with E-state index in [4.69, 9.17) is 0 Å².